The molecule has 0 saturated carbocycles. The van der Waals surface area contributed by atoms with E-state index in [0.717, 1.165) is 17.0 Å². The summed E-state index contributed by atoms with van der Waals surface area (Å²) < 4.78 is 12.9. The monoisotopic (exact) mass is 316 g/mol. The Labute approximate surface area is 130 Å². The van der Waals surface area contributed by atoms with Gasteiger partial charge in [-0.3, -0.25) is 5.32 Å². The van der Waals surface area contributed by atoms with Crippen molar-refractivity contribution in [3.8, 4) is 0 Å². The number of anilines is 2. The lowest BCUT2D eigenvalue weighted by atomic mass is 10.1. The van der Waals surface area contributed by atoms with E-state index in [4.69, 9.17) is 11.6 Å². The van der Waals surface area contributed by atoms with E-state index in [2.05, 4.69) is 20.6 Å². The van der Waals surface area contributed by atoms with Crippen LogP contribution in [0.1, 0.15) is 0 Å². The first-order valence-corrected chi connectivity index (χ1v) is 6.74. The average Bonchev–Trinajstić information content (AvgIpc) is 2.51. The highest BCUT2D eigenvalue weighted by atomic mass is 35.5. The number of nitrogens with zero attached hydrogens (tertiary/aromatic N) is 2. The molecule has 0 aliphatic carbocycles. The Morgan fingerprint density at radius 3 is 2.64 bits per heavy atom. The van der Waals surface area contributed by atoms with Gasteiger partial charge in [-0.15, -0.1) is 0 Å². The zero-order chi connectivity index (χ0) is 15.5. The molecule has 0 radical (unpaired) electrons. The van der Waals surface area contributed by atoms with E-state index in [1.807, 2.05) is 36.4 Å². The minimum atomic E-state index is -0.748. The fourth-order valence-corrected chi connectivity index (χ4v) is 2.07. The second kappa shape index (κ2) is 5.95. The lowest BCUT2D eigenvalue weighted by molar-refractivity contribution is 0.262. The first-order chi connectivity index (χ1) is 10.6. The molecule has 0 fully saturated rings. The highest BCUT2D eigenvalue weighted by Crippen LogP contribution is 2.19. The van der Waals surface area contributed by atoms with Crippen LogP contribution in [0.5, 0.6) is 0 Å². The Balaban J connectivity index is 1.73. The summed E-state index contributed by atoms with van der Waals surface area (Å²) in [6.07, 6.45) is 0.890. The molecular formula is C15H10ClFN4O. The van der Waals surface area contributed by atoms with Crippen LogP contribution in [0, 0.1) is 5.82 Å². The Hall–Kier alpha value is -2.73. The fourth-order valence-electron chi connectivity index (χ4n) is 1.94. The Bertz CT molecular complexity index is 856. The van der Waals surface area contributed by atoms with Gasteiger partial charge in [-0.2, -0.15) is 4.98 Å². The van der Waals surface area contributed by atoms with Gasteiger partial charge >= 0.3 is 6.03 Å². The van der Waals surface area contributed by atoms with E-state index in [1.165, 1.54) is 0 Å². The van der Waals surface area contributed by atoms with Crippen molar-refractivity contribution >= 4 is 40.0 Å². The first kappa shape index (κ1) is 14.2. The third-order valence-electron chi connectivity index (χ3n) is 2.93. The molecule has 7 heteroatoms. The molecule has 0 unspecified atom stereocenters. The molecule has 0 atom stereocenters. The van der Waals surface area contributed by atoms with Gasteiger partial charge in [0.2, 0.25) is 5.95 Å². The maximum atomic E-state index is 12.9. The molecule has 2 N–H and O–H groups in total. The Kier molecular flexibility index (Phi) is 3.84. The molecule has 110 valence electrons. The van der Waals surface area contributed by atoms with Crippen LogP contribution in [0.2, 0.25) is 5.15 Å². The molecule has 3 rings (SSSR count). The van der Waals surface area contributed by atoms with Crippen LogP contribution < -0.4 is 10.6 Å². The van der Waals surface area contributed by atoms with E-state index >= 15 is 0 Å². The molecule has 3 aromatic rings. The molecule has 1 heterocycles. The Morgan fingerprint density at radius 1 is 1.09 bits per heavy atom. The molecule has 0 aliphatic heterocycles. The number of carbonyl (C=O) groups excluding carboxylic acids is 1. The number of nitrogens with one attached hydrogen (secondary N) is 2. The molecular weight excluding hydrogens is 307 g/mol. The van der Waals surface area contributed by atoms with Crippen molar-refractivity contribution in [1.29, 1.82) is 0 Å². The fraction of sp³-hybridized carbons (Fsp3) is 0. The van der Waals surface area contributed by atoms with Gasteiger partial charge < -0.3 is 5.32 Å². The normalized spacial score (nSPS) is 10.5. The van der Waals surface area contributed by atoms with Crippen molar-refractivity contribution in [2.75, 3.05) is 10.6 Å². The predicted octanol–water partition coefficient (Wildman–Crippen LogP) is 4.07. The maximum Gasteiger partial charge on any atom is 0.326 e. The number of carbonyl (C=O) groups is 1. The van der Waals surface area contributed by atoms with Gasteiger partial charge in [0.1, 0.15) is 0 Å². The maximum absolute atomic E-state index is 12.9. The van der Waals surface area contributed by atoms with Gasteiger partial charge in [0, 0.05) is 5.69 Å². The molecule has 22 heavy (non-hydrogen) atoms. The number of halogens is 2. The van der Waals surface area contributed by atoms with Crippen LogP contribution in [0.4, 0.5) is 20.8 Å². The molecule has 0 bridgehead atoms. The molecule has 2 aromatic carbocycles. The quantitative estimate of drug-likeness (QED) is 0.700. The van der Waals surface area contributed by atoms with Crippen molar-refractivity contribution in [3.63, 3.8) is 0 Å². The second-order valence-electron chi connectivity index (χ2n) is 4.47. The highest BCUT2D eigenvalue weighted by molar-refractivity contribution is 6.29. The zero-order valence-electron chi connectivity index (χ0n) is 11.2. The van der Waals surface area contributed by atoms with E-state index in [-0.39, 0.29) is 11.1 Å². The van der Waals surface area contributed by atoms with Crippen LogP contribution >= 0.6 is 11.6 Å². The summed E-state index contributed by atoms with van der Waals surface area (Å²) in [6.45, 7) is 0. The van der Waals surface area contributed by atoms with Crippen molar-refractivity contribution in [2.24, 2.45) is 0 Å². The lowest BCUT2D eigenvalue weighted by Crippen LogP contribution is -2.21. The van der Waals surface area contributed by atoms with Crippen LogP contribution in [0.25, 0.3) is 10.8 Å². The summed E-state index contributed by atoms with van der Waals surface area (Å²) in [5.41, 5.74) is 0.615. The molecule has 0 aliphatic rings. The van der Waals surface area contributed by atoms with Gasteiger partial charge in [-0.1, -0.05) is 41.9 Å². The molecule has 5 nitrogen and oxygen atoms in total. The topological polar surface area (TPSA) is 66.9 Å². The van der Waals surface area contributed by atoms with Crippen LogP contribution in [0.15, 0.2) is 48.7 Å². The minimum absolute atomic E-state index is 0.0790. The van der Waals surface area contributed by atoms with Gasteiger partial charge in [0.15, 0.2) is 11.0 Å². The van der Waals surface area contributed by atoms with E-state index in [9.17, 15) is 9.18 Å². The van der Waals surface area contributed by atoms with Crippen molar-refractivity contribution in [1.82, 2.24) is 9.97 Å². The number of hydrogen-bond donors (Lipinski definition) is 2. The molecule has 0 saturated heterocycles. The number of urea groups is 1. The number of fused-ring (bicyclic) bond motifs is 1. The van der Waals surface area contributed by atoms with Gasteiger partial charge in [-0.25, -0.2) is 14.2 Å². The van der Waals surface area contributed by atoms with Gasteiger partial charge in [-0.05, 0) is 22.9 Å². The van der Waals surface area contributed by atoms with Gasteiger partial charge in [0.05, 0.1) is 6.20 Å². The summed E-state index contributed by atoms with van der Waals surface area (Å²) in [6, 6.07) is 12.8. The largest absolute Gasteiger partial charge is 0.326 e. The highest BCUT2D eigenvalue weighted by Gasteiger charge is 2.08. The van der Waals surface area contributed by atoms with Crippen molar-refractivity contribution in [2.45, 2.75) is 0 Å². The standard InChI is InChI=1S/C15H10ClFN4O/c16-13-12(17)8-18-14(20-13)21-15(22)19-11-6-5-9-3-1-2-4-10(9)7-11/h1-8H,(H2,18,19,20,21,22). The van der Waals surface area contributed by atoms with Crippen LogP contribution in [-0.2, 0) is 0 Å². The number of hydrogen-bond acceptors (Lipinski definition) is 3. The number of benzene rings is 2. The molecule has 0 spiro atoms. The van der Waals surface area contributed by atoms with E-state index in [1.54, 1.807) is 6.07 Å². The third-order valence-corrected chi connectivity index (χ3v) is 3.20. The molecule has 2 amide bonds. The Morgan fingerprint density at radius 2 is 1.86 bits per heavy atom. The minimum Gasteiger partial charge on any atom is -0.308 e. The number of rotatable bonds is 2. The summed E-state index contributed by atoms with van der Waals surface area (Å²) in [5, 5.41) is 6.75. The number of aromatic nitrogens is 2. The lowest BCUT2D eigenvalue weighted by Gasteiger charge is -2.07. The van der Waals surface area contributed by atoms with E-state index < -0.39 is 11.8 Å². The first-order valence-electron chi connectivity index (χ1n) is 6.37. The van der Waals surface area contributed by atoms with Gasteiger partial charge in [0.25, 0.3) is 0 Å². The average molecular weight is 317 g/mol. The summed E-state index contributed by atoms with van der Waals surface area (Å²) >= 11 is 5.53. The summed E-state index contributed by atoms with van der Waals surface area (Å²) in [5.74, 6) is -0.827. The summed E-state index contributed by atoms with van der Waals surface area (Å²) in [7, 11) is 0. The number of amides is 2. The van der Waals surface area contributed by atoms with Crippen LogP contribution in [-0.4, -0.2) is 16.0 Å². The second-order valence-corrected chi connectivity index (χ2v) is 4.83. The van der Waals surface area contributed by atoms with Crippen molar-refractivity contribution in [3.05, 3.63) is 59.6 Å². The van der Waals surface area contributed by atoms with Crippen molar-refractivity contribution < 1.29 is 9.18 Å². The van der Waals surface area contributed by atoms with Crippen LogP contribution in [0.3, 0.4) is 0 Å². The SMILES string of the molecule is O=C(Nc1ccc2ccccc2c1)Nc1ncc(F)c(Cl)n1. The predicted molar refractivity (Wildman–Crippen MR) is 83.6 cm³/mol. The third kappa shape index (κ3) is 3.12. The summed E-state index contributed by atoms with van der Waals surface area (Å²) in [4.78, 5) is 19.1. The zero-order valence-corrected chi connectivity index (χ0v) is 11.9. The van der Waals surface area contributed by atoms with E-state index in [0.29, 0.717) is 5.69 Å². The molecule has 1 aromatic heterocycles. The smallest absolute Gasteiger partial charge is 0.308 e.